The molecule has 0 saturated heterocycles. The average Bonchev–Trinajstić information content (AvgIpc) is 2.96. The molecule has 0 fully saturated rings. The van der Waals surface area contributed by atoms with Gasteiger partial charge in [-0.05, 0) is 43.2 Å². The smallest absolute Gasteiger partial charge is 0.267 e. The molecule has 1 amide bonds. The van der Waals surface area contributed by atoms with Gasteiger partial charge in [0, 0.05) is 16.4 Å². The van der Waals surface area contributed by atoms with E-state index in [-0.39, 0.29) is 5.91 Å². The SMILES string of the molecule is CCc1ccccc1Nc1nc(C)c(C(=O)Nc2cccc(Cl)c2)s1. The van der Waals surface area contributed by atoms with Crippen LogP contribution in [0.5, 0.6) is 0 Å². The first-order valence-corrected chi connectivity index (χ1v) is 9.15. The summed E-state index contributed by atoms with van der Waals surface area (Å²) in [6.45, 7) is 3.94. The lowest BCUT2D eigenvalue weighted by Crippen LogP contribution is -2.11. The van der Waals surface area contributed by atoms with E-state index in [1.165, 1.54) is 16.9 Å². The molecule has 0 atom stereocenters. The Morgan fingerprint density at radius 1 is 1.20 bits per heavy atom. The molecule has 1 heterocycles. The van der Waals surface area contributed by atoms with Crippen LogP contribution in [0.25, 0.3) is 0 Å². The number of halogens is 1. The maximum Gasteiger partial charge on any atom is 0.267 e. The largest absolute Gasteiger partial charge is 0.331 e. The van der Waals surface area contributed by atoms with Gasteiger partial charge in [0.05, 0.1) is 5.69 Å². The third-order valence-corrected chi connectivity index (χ3v) is 5.03. The minimum Gasteiger partial charge on any atom is -0.331 e. The van der Waals surface area contributed by atoms with Gasteiger partial charge in [0.25, 0.3) is 5.91 Å². The lowest BCUT2D eigenvalue weighted by atomic mass is 10.1. The van der Waals surface area contributed by atoms with Crippen LogP contribution in [-0.2, 0) is 6.42 Å². The summed E-state index contributed by atoms with van der Waals surface area (Å²) in [6, 6.07) is 15.2. The Bertz CT molecular complexity index is 907. The minimum atomic E-state index is -0.186. The fourth-order valence-corrected chi connectivity index (χ4v) is 3.54. The van der Waals surface area contributed by atoms with Gasteiger partial charge in [-0.3, -0.25) is 4.79 Å². The highest BCUT2D eigenvalue weighted by atomic mass is 35.5. The zero-order chi connectivity index (χ0) is 17.8. The number of carbonyl (C=O) groups is 1. The Morgan fingerprint density at radius 3 is 2.76 bits per heavy atom. The number of aromatic nitrogens is 1. The van der Waals surface area contributed by atoms with Crippen molar-refractivity contribution in [1.29, 1.82) is 0 Å². The zero-order valence-corrected chi connectivity index (χ0v) is 15.5. The number of nitrogens with one attached hydrogen (secondary N) is 2. The number of hydrogen-bond donors (Lipinski definition) is 2. The van der Waals surface area contributed by atoms with Gasteiger partial charge in [-0.2, -0.15) is 0 Å². The summed E-state index contributed by atoms with van der Waals surface area (Å²) in [4.78, 5) is 17.6. The van der Waals surface area contributed by atoms with Gasteiger partial charge in [-0.1, -0.05) is 54.1 Å². The second-order valence-electron chi connectivity index (χ2n) is 5.53. The number of rotatable bonds is 5. The zero-order valence-electron chi connectivity index (χ0n) is 14.0. The molecule has 128 valence electrons. The fraction of sp³-hybridized carbons (Fsp3) is 0.158. The van der Waals surface area contributed by atoms with Crippen LogP contribution in [0, 0.1) is 6.92 Å². The van der Waals surface area contributed by atoms with Crippen LogP contribution in [0.15, 0.2) is 48.5 Å². The second kappa shape index (κ2) is 7.68. The van der Waals surface area contributed by atoms with Crippen LogP contribution in [0.4, 0.5) is 16.5 Å². The topological polar surface area (TPSA) is 54.0 Å². The first-order chi connectivity index (χ1) is 12.1. The van der Waals surface area contributed by atoms with Crippen LogP contribution < -0.4 is 10.6 Å². The summed E-state index contributed by atoms with van der Waals surface area (Å²) in [5.41, 5.74) is 3.58. The molecule has 0 radical (unpaired) electrons. The van der Waals surface area contributed by atoms with Crippen molar-refractivity contribution >= 4 is 45.4 Å². The van der Waals surface area contributed by atoms with Gasteiger partial charge in [0.2, 0.25) is 0 Å². The molecule has 0 aliphatic rings. The number of amides is 1. The molecule has 0 aliphatic carbocycles. The Kier molecular flexibility index (Phi) is 5.36. The third kappa shape index (κ3) is 4.18. The predicted molar refractivity (Wildman–Crippen MR) is 105 cm³/mol. The quantitative estimate of drug-likeness (QED) is 0.608. The minimum absolute atomic E-state index is 0.186. The first-order valence-electron chi connectivity index (χ1n) is 7.96. The van der Waals surface area contributed by atoms with Crippen molar-refractivity contribution in [3.63, 3.8) is 0 Å². The number of para-hydroxylation sites is 1. The molecular formula is C19H18ClN3OS. The number of carbonyl (C=O) groups excluding carboxylic acids is 1. The van der Waals surface area contributed by atoms with E-state index in [9.17, 15) is 4.79 Å². The van der Waals surface area contributed by atoms with Crippen LogP contribution in [0.3, 0.4) is 0 Å². The van der Waals surface area contributed by atoms with E-state index < -0.39 is 0 Å². The monoisotopic (exact) mass is 371 g/mol. The summed E-state index contributed by atoms with van der Waals surface area (Å²) >= 11 is 7.30. The molecule has 0 spiro atoms. The number of hydrogen-bond acceptors (Lipinski definition) is 4. The Morgan fingerprint density at radius 2 is 2.00 bits per heavy atom. The summed E-state index contributed by atoms with van der Waals surface area (Å²) in [7, 11) is 0. The van der Waals surface area contributed by atoms with Crippen LogP contribution in [0.2, 0.25) is 5.02 Å². The molecule has 0 unspecified atom stereocenters. The number of aryl methyl sites for hydroxylation is 2. The molecule has 0 aliphatic heterocycles. The molecule has 4 nitrogen and oxygen atoms in total. The van der Waals surface area contributed by atoms with Gasteiger partial charge in [0.15, 0.2) is 5.13 Å². The number of anilines is 3. The number of nitrogens with zero attached hydrogens (tertiary/aromatic N) is 1. The van der Waals surface area contributed by atoms with Crippen LogP contribution >= 0.6 is 22.9 Å². The van der Waals surface area contributed by atoms with E-state index in [0.29, 0.717) is 26.4 Å². The van der Waals surface area contributed by atoms with Crippen molar-refractivity contribution in [2.24, 2.45) is 0 Å². The Labute approximate surface area is 155 Å². The first kappa shape index (κ1) is 17.5. The van der Waals surface area contributed by atoms with Crippen molar-refractivity contribution < 1.29 is 4.79 Å². The van der Waals surface area contributed by atoms with E-state index in [1.807, 2.05) is 25.1 Å². The highest BCUT2D eigenvalue weighted by Crippen LogP contribution is 2.28. The van der Waals surface area contributed by atoms with Gasteiger partial charge in [-0.15, -0.1) is 0 Å². The van der Waals surface area contributed by atoms with Gasteiger partial charge in [0.1, 0.15) is 4.88 Å². The maximum absolute atomic E-state index is 12.5. The van der Waals surface area contributed by atoms with E-state index in [4.69, 9.17) is 11.6 Å². The standard InChI is InChI=1S/C19H18ClN3OS/c1-3-13-7-4-5-10-16(13)23-19-21-12(2)17(25-19)18(24)22-15-9-6-8-14(20)11-15/h4-11H,3H2,1-2H3,(H,21,23)(H,22,24). The molecule has 3 rings (SSSR count). The van der Waals surface area contributed by atoms with E-state index >= 15 is 0 Å². The molecule has 0 bridgehead atoms. The lowest BCUT2D eigenvalue weighted by Gasteiger charge is -2.07. The van der Waals surface area contributed by atoms with Crippen molar-refractivity contribution in [1.82, 2.24) is 4.98 Å². The third-order valence-electron chi connectivity index (χ3n) is 3.73. The fourth-order valence-electron chi connectivity index (χ4n) is 2.48. The van der Waals surface area contributed by atoms with E-state index in [0.717, 1.165) is 12.1 Å². The van der Waals surface area contributed by atoms with Crippen LogP contribution in [0.1, 0.15) is 27.9 Å². The van der Waals surface area contributed by atoms with Gasteiger partial charge in [-0.25, -0.2) is 4.98 Å². The van der Waals surface area contributed by atoms with Crippen molar-refractivity contribution in [3.05, 3.63) is 69.7 Å². The van der Waals surface area contributed by atoms with Crippen molar-refractivity contribution in [3.8, 4) is 0 Å². The summed E-state index contributed by atoms with van der Waals surface area (Å²) in [6.07, 6.45) is 0.926. The summed E-state index contributed by atoms with van der Waals surface area (Å²) in [5, 5.41) is 7.46. The molecular weight excluding hydrogens is 354 g/mol. The average molecular weight is 372 g/mol. The van der Waals surface area contributed by atoms with Gasteiger partial charge >= 0.3 is 0 Å². The lowest BCUT2D eigenvalue weighted by molar-refractivity contribution is 0.103. The molecule has 25 heavy (non-hydrogen) atoms. The van der Waals surface area contributed by atoms with Crippen LogP contribution in [-0.4, -0.2) is 10.9 Å². The highest BCUT2D eigenvalue weighted by molar-refractivity contribution is 7.17. The van der Waals surface area contributed by atoms with Gasteiger partial charge < -0.3 is 10.6 Å². The Balaban J connectivity index is 1.79. The molecule has 2 aromatic carbocycles. The van der Waals surface area contributed by atoms with E-state index in [2.05, 4.69) is 28.6 Å². The molecule has 3 aromatic rings. The normalized spacial score (nSPS) is 10.5. The van der Waals surface area contributed by atoms with Crippen molar-refractivity contribution in [2.45, 2.75) is 20.3 Å². The maximum atomic E-state index is 12.5. The number of benzene rings is 2. The molecule has 2 N–H and O–H groups in total. The molecule has 0 saturated carbocycles. The Hall–Kier alpha value is -2.37. The highest BCUT2D eigenvalue weighted by Gasteiger charge is 2.16. The summed E-state index contributed by atoms with van der Waals surface area (Å²) in [5.74, 6) is -0.186. The van der Waals surface area contributed by atoms with E-state index in [1.54, 1.807) is 24.3 Å². The molecule has 1 aromatic heterocycles. The second-order valence-corrected chi connectivity index (χ2v) is 6.97. The summed E-state index contributed by atoms with van der Waals surface area (Å²) < 4.78 is 0. The molecule has 6 heteroatoms. The predicted octanol–water partition coefficient (Wildman–Crippen LogP) is 5.66. The van der Waals surface area contributed by atoms with Crippen molar-refractivity contribution in [2.75, 3.05) is 10.6 Å². The number of thiazole rings is 1.